The molecule has 5 nitrogen and oxygen atoms in total. The van der Waals surface area contributed by atoms with Gasteiger partial charge in [0.15, 0.2) is 4.34 Å². The van der Waals surface area contributed by atoms with Crippen LogP contribution in [0.2, 0.25) is 0 Å². The number of rotatable bonds is 3. The van der Waals surface area contributed by atoms with E-state index in [1.807, 2.05) is 30.3 Å². The van der Waals surface area contributed by atoms with E-state index in [0.717, 1.165) is 16.2 Å². The highest BCUT2D eigenvalue weighted by molar-refractivity contribution is 8.00. The first-order valence-electron chi connectivity index (χ1n) is 5.49. The molecule has 0 bridgehead atoms. The van der Waals surface area contributed by atoms with Gasteiger partial charge in [0.05, 0.1) is 6.07 Å². The minimum absolute atomic E-state index is 0.183. The number of hydrogen-bond donors (Lipinski definition) is 1. The van der Waals surface area contributed by atoms with Crippen LogP contribution in [0.5, 0.6) is 5.88 Å². The maximum atomic E-state index is 11.2. The standard InChI is InChI=1S/C12H9N3O2S2/c16-9-6-10(17)15-11(13-9)19-12(14-15)18-7-8-4-2-1-3-5-8/h1-6,17H,7H2. The molecule has 3 rings (SSSR count). The second-order valence-corrected chi connectivity index (χ2v) is 5.97. The molecule has 0 saturated carbocycles. The van der Waals surface area contributed by atoms with E-state index in [4.69, 9.17) is 0 Å². The topological polar surface area (TPSA) is 67.5 Å². The van der Waals surface area contributed by atoms with Gasteiger partial charge in [0.1, 0.15) is 0 Å². The summed E-state index contributed by atoms with van der Waals surface area (Å²) in [6.45, 7) is 0. The van der Waals surface area contributed by atoms with Crippen molar-refractivity contribution in [2.24, 2.45) is 0 Å². The third-order valence-corrected chi connectivity index (χ3v) is 4.53. The molecular formula is C12H9N3O2S2. The fourth-order valence-electron chi connectivity index (χ4n) is 1.56. The monoisotopic (exact) mass is 291 g/mol. The van der Waals surface area contributed by atoms with Gasteiger partial charge in [-0.2, -0.15) is 9.50 Å². The van der Waals surface area contributed by atoms with Gasteiger partial charge in [-0.1, -0.05) is 53.4 Å². The van der Waals surface area contributed by atoms with Gasteiger partial charge in [0, 0.05) is 5.75 Å². The summed E-state index contributed by atoms with van der Waals surface area (Å²) in [5.74, 6) is 0.601. The first-order valence-corrected chi connectivity index (χ1v) is 7.29. The zero-order valence-corrected chi connectivity index (χ0v) is 11.3. The molecule has 1 aromatic carbocycles. The third kappa shape index (κ3) is 2.61. The van der Waals surface area contributed by atoms with Crippen molar-refractivity contribution in [3.8, 4) is 5.88 Å². The Morgan fingerprint density at radius 3 is 2.89 bits per heavy atom. The van der Waals surface area contributed by atoms with Gasteiger partial charge in [-0.05, 0) is 5.56 Å². The number of benzene rings is 1. The predicted octanol–water partition coefficient (Wildman–Crippen LogP) is 2.15. The Kier molecular flexibility index (Phi) is 3.22. The first-order chi connectivity index (χ1) is 9.22. The Balaban J connectivity index is 1.86. The highest BCUT2D eigenvalue weighted by atomic mass is 32.2. The van der Waals surface area contributed by atoms with Gasteiger partial charge in [-0.25, -0.2) is 0 Å². The second-order valence-electron chi connectivity index (χ2n) is 3.79. The van der Waals surface area contributed by atoms with Crippen LogP contribution in [0.25, 0.3) is 4.96 Å². The van der Waals surface area contributed by atoms with Gasteiger partial charge in [-0.3, -0.25) is 4.79 Å². The Labute approximate surface area is 116 Å². The van der Waals surface area contributed by atoms with Gasteiger partial charge >= 0.3 is 0 Å². The largest absolute Gasteiger partial charge is 0.493 e. The summed E-state index contributed by atoms with van der Waals surface area (Å²) in [7, 11) is 0. The molecule has 3 aromatic rings. The SMILES string of the molecule is O=c1cc(O)n2nc(SCc3ccccc3)sc2n1. The van der Waals surface area contributed by atoms with Crippen LogP contribution in [0, 0.1) is 0 Å². The molecule has 0 amide bonds. The van der Waals surface area contributed by atoms with Gasteiger partial charge in [-0.15, -0.1) is 5.10 Å². The van der Waals surface area contributed by atoms with Crippen LogP contribution in [0.3, 0.4) is 0 Å². The molecule has 0 aliphatic rings. The molecule has 0 saturated heterocycles. The van der Waals surface area contributed by atoms with Crippen molar-refractivity contribution in [3.63, 3.8) is 0 Å². The van der Waals surface area contributed by atoms with E-state index >= 15 is 0 Å². The van der Waals surface area contributed by atoms with Crippen molar-refractivity contribution in [3.05, 3.63) is 52.3 Å². The lowest BCUT2D eigenvalue weighted by Crippen LogP contribution is -2.06. The van der Waals surface area contributed by atoms with Crippen molar-refractivity contribution in [1.29, 1.82) is 0 Å². The summed E-state index contributed by atoms with van der Waals surface area (Å²) in [4.78, 5) is 15.4. The van der Waals surface area contributed by atoms with E-state index in [9.17, 15) is 9.90 Å². The smallest absolute Gasteiger partial charge is 0.277 e. The number of aromatic nitrogens is 3. The second kappa shape index (κ2) is 5.02. The molecule has 1 N–H and O–H groups in total. The molecule has 0 unspecified atom stereocenters. The predicted molar refractivity (Wildman–Crippen MR) is 74.8 cm³/mol. The molecule has 0 atom stereocenters. The van der Waals surface area contributed by atoms with E-state index in [-0.39, 0.29) is 5.88 Å². The number of hydrogen-bond acceptors (Lipinski definition) is 6. The molecule has 7 heteroatoms. The maximum absolute atomic E-state index is 11.2. The zero-order valence-electron chi connectivity index (χ0n) is 9.68. The Bertz CT molecular complexity index is 767. The zero-order chi connectivity index (χ0) is 13.2. The normalized spacial score (nSPS) is 10.9. The third-order valence-electron chi connectivity index (χ3n) is 2.42. The summed E-state index contributed by atoms with van der Waals surface area (Å²) >= 11 is 2.84. The molecule has 0 aliphatic heterocycles. The molecular weight excluding hydrogens is 282 g/mol. The maximum Gasteiger partial charge on any atom is 0.277 e. The van der Waals surface area contributed by atoms with E-state index in [1.165, 1.54) is 21.4 Å². The van der Waals surface area contributed by atoms with Gasteiger partial charge < -0.3 is 5.11 Å². The van der Waals surface area contributed by atoms with Crippen LogP contribution in [-0.4, -0.2) is 19.7 Å². The molecule has 0 aliphatic carbocycles. The summed E-state index contributed by atoms with van der Waals surface area (Å²) in [5.41, 5.74) is 0.735. The number of fused-ring (bicyclic) bond motifs is 1. The van der Waals surface area contributed by atoms with Crippen LogP contribution >= 0.6 is 23.1 Å². The van der Waals surface area contributed by atoms with Crippen molar-refractivity contribution >= 4 is 28.1 Å². The minimum atomic E-state index is -0.458. The van der Waals surface area contributed by atoms with Crippen LogP contribution in [0.1, 0.15) is 5.56 Å². The molecule has 19 heavy (non-hydrogen) atoms. The molecule has 0 fully saturated rings. The lowest BCUT2D eigenvalue weighted by Gasteiger charge is -1.96. The minimum Gasteiger partial charge on any atom is -0.493 e. The number of nitrogens with zero attached hydrogens (tertiary/aromatic N) is 3. The number of thioether (sulfide) groups is 1. The summed E-state index contributed by atoms with van der Waals surface area (Å²) in [6.07, 6.45) is 0. The first kappa shape index (κ1) is 12.2. The van der Waals surface area contributed by atoms with Gasteiger partial charge in [0.2, 0.25) is 10.8 Å². The van der Waals surface area contributed by atoms with E-state index in [1.54, 1.807) is 11.8 Å². The Morgan fingerprint density at radius 2 is 2.11 bits per heavy atom. The van der Waals surface area contributed by atoms with Crippen LogP contribution in [0.4, 0.5) is 0 Å². The quantitative estimate of drug-likeness (QED) is 0.749. The molecule has 96 valence electrons. The van der Waals surface area contributed by atoms with Crippen LogP contribution in [0.15, 0.2) is 45.5 Å². The van der Waals surface area contributed by atoms with Crippen molar-refractivity contribution in [2.45, 2.75) is 10.1 Å². The van der Waals surface area contributed by atoms with E-state index in [0.29, 0.717) is 4.96 Å². The molecule has 0 spiro atoms. The van der Waals surface area contributed by atoms with Crippen LogP contribution in [-0.2, 0) is 5.75 Å². The fourth-order valence-corrected chi connectivity index (χ4v) is 3.45. The van der Waals surface area contributed by atoms with E-state index in [2.05, 4.69) is 10.1 Å². The fraction of sp³-hybridized carbons (Fsp3) is 0.0833. The van der Waals surface area contributed by atoms with Crippen molar-refractivity contribution in [2.75, 3.05) is 0 Å². The van der Waals surface area contributed by atoms with Crippen LogP contribution < -0.4 is 5.56 Å². The number of aromatic hydroxyl groups is 1. The average Bonchev–Trinajstić information content (AvgIpc) is 2.81. The van der Waals surface area contributed by atoms with Gasteiger partial charge in [0.25, 0.3) is 5.56 Å². The summed E-state index contributed by atoms with van der Waals surface area (Å²) in [5, 5.41) is 13.8. The van der Waals surface area contributed by atoms with Crippen molar-refractivity contribution < 1.29 is 5.11 Å². The summed E-state index contributed by atoms with van der Waals surface area (Å²) < 4.78 is 2.04. The van der Waals surface area contributed by atoms with E-state index < -0.39 is 5.56 Å². The molecule has 2 heterocycles. The van der Waals surface area contributed by atoms with Crippen molar-refractivity contribution in [1.82, 2.24) is 14.6 Å². The highest BCUT2D eigenvalue weighted by Gasteiger charge is 2.09. The summed E-state index contributed by atoms with van der Waals surface area (Å²) in [6, 6.07) is 11.1. The highest BCUT2D eigenvalue weighted by Crippen LogP contribution is 2.27. The molecule has 2 aromatic heterocycles. The lowest BCUT2D eigenvalue weighted by atomic mass is 10.2. The Hall–Kier alpha value is -1.86. The average molecular weight is 291 g/mol. The Morgan fingerprint density at radius 1 is 1.32 bits per heavy atom. The lowest BCUT2D eigenvalue weighted by molar-refractivity contribution is 0.433. The molecule has 0 radical (unpaired) electrons.